The number of thiazole rings is 1. The maximum Gasteiger partial charge on any atom is 0.225 e. The lowest BCUT2D eigenvalue weighted by Crippen LogP contribution is -2.41. The summed E-state index contributed by atoms with van der Waals surface area (Å²) in [6.07, 6.45) is 2.71. The standard InChI is InChI=1S/C16H19N3OS/c1-10-7-14(16(17)20)13-5-3-4-6-15(13)19(10)9-12-8-18-11(2)21-12/h3-6,8,10,14H,7,9H2,1-2H3,(H2,17,20)/t10-,14-/m1/s1. The first-order valence-corrected chi connectivity index (χ1v) is 7.94. The van der Waals surface area contributed by atoms with Gasteiger partial charge < -0.3 is 10.6 Å². The van der Waals surface area contributed by atoms with Crippen LogP contribution in [0.15, 0.2) is 30.5 Å². The number of hydrogen-bond donors (Lipinski definition) is 1. The van der Waals surface area contributed by atoms with E-state index in [1.165, 1.54) is 4.88 Å². The lowest BCUT2D eigenvalue weighted by atomic mass is 9.85. The number of anilines is 1. The van der Waals surface area contributed by atoms with E-state index in [4.69, 9.17) is 5.73 Å². The number of amides is 1. The van der Waals surface area contributed by atoms with Crippen LogP contribution in [0.3, 0.4) is 0 Å². The van der Waals surface area contributed by atoms with Gasteiger partial charge in [-0.15, -0.1) is 11.3 Å². The molecule has 0 radical (unpaired) electrons. The summed E-state index contributed by atoms with van der Waals surface area (Å²) in [4.78, 5) is 19.6. The van der Waals surface area contributed by atoms with Crippen molar-refractivity contribution in [1.29, 1.82) is 0 Å². The van der Waals surface area contributed by atoms with Crippen molar-refractivity contribution in [1.82, 2.24) is 4.98 Å². The summed E-state index contributed by atoms with van der Waals surface area (Å²) in [7, 11) is 0. The van der Waals surface area contributed by atoms with E-state index in [0.717, 1.165) is 29.2 Å². The number of primary amides is 1. The normalized spacial score (nSPS) is 21.1. The molecule has 1 aliphatic rings. The molecule has 0 aliphatic carbocycles. The third-order valence-corrected chi connectivity index (χ3v) is 4.97. The maximum atomic E-state index is 11.7. The Balaban J connectivity index is 1.97. The van der Waals surface area contributed by atoms with Crippen LogP contribution in [0, 0.1) is 6.92 Å². The molecule has 0 saturated carbocycles. The Bertz CT molecular complexity index is 667. The van der Waals surface area contributed by atoms with Crippen molar-refractivity contribution in [2.24, 2.45) is 5.73 Å². The van der Waals surface area contributed by atoms with E-state index in [0.29, 0.717) is 0 Å². The molecule has 0 fully saturated rings. The highest BCUT2D eigenvalue weighted by Crippen LogP contribution is 2.39. The Labute approximate surface area is 128 Å². The first-order chi connectivity index (χ1) is 10.1. The largest absolute Gasteiger partial charge is 0.369 e. The van der Waals surface area contributed by atoms with Crippen molar-refractivity contribution >= 4 is 22.9 Å². The van der Waals surface area contributed by atoms with Gasteiger partial charge in [-0.05, 0) is 31.9 Å². The van der Waals surface area contributed by atoms with Gasteiger partial charge in [0.25, 0.3) is 0 Å². The summed E-state index contributed by atoms with van der Waals surface area (Å²) in [5.74, 6) is -0.418. The number of fused-ring (bicyclic) bond motifs is 1. The topological polar surface area (TPSA) is 59.2 Å². The minimum absolute atomic E-state index is 0.185. The van der Waals surface area contributed by atoms with Crippen LogP contribution in [0.1, 0.15) is 34.7 Å². The molecule has 110 valence electrons. The Kier molecular flexibility index (Phi) is 3.68. The van der Waals surface area contributed by atoms with Crippen molar-refractivity contribution in [3.8, 4) is 0 Å². The minimum Gasteiger partial charge on any atom is -0.369 e. The van der Waals surface area contributed by atoms with Crippen LogP contribution in [0.25, 0.3) is 0 Å². The first kappa shape index (κ1) is 14.1. The molecule has 2 heterocycles. The quantitative estimate of drug-likeness (QED) is 0.948. The Morgan fingerprint density at radius 3 is 2.90 bits per heavy atom. The third-order valence-electron chi connectivity index (χ3n) is 4.07. The molecular formula is C16H19N3OS. The fraction of sp³-hybridized carbons (Fsp3) is 0.375. The molecule has 0 unspecified atom stereocenters. The van der Waals surface area contributed by atoms with E-state index >= 15 is 0 Å². The van der Waals surface area contributed by atoms with Gasteiger partial charge in [0.05, 0.1) is 17.5 Å². The van der Waals surface area contributed by atoms with Crippen molar-refractivity contribution < 1.29 is 4.79 Å². The molecule has 0 spiro atoms. The van der Waals surface area contributed by atoms with E-state index in [9.17, 15) is 4.79 Å². The fourth-order valence-corrected chi connectivity index (χ4v) is 3.83. The lowest BCUT2D eigenvalue weighted by Gasteiger charge is -2.39. The van der Waals surface area contributed by atoms with Crippen LogP contribution < -0.4 is 10.6 Å². The number of carbonyl (C=O) groups excluding carboxylic acids is 1. The molecule has 1 amide bonds. The number of para-hydroxylation sites is 1. The molecule has 21 heavy (non-hydrogen) atoms. The Hall–Kier alpha value is -1.88. The maximum absolute atomic E-state index is 11.7. The number of benzene rings is 1. The summed E-state index contributed by atoms with van der Waals surface area (Å²) < 4.78 is 0. The zero-order valence-electron chi connectivity index (χ0n) is 12.2. The second kappa shape index (κ2) is 5.48. The lowest BCUT2D eigenvalue weighted by molar-refractivity contribution is -0.119. The average molecular weight is 301 g/mol. The molecule has 4 nitrogen and oxygen atoms in total. The van der Waals surface area contributed by atoms with Crippen molar-refractivity contribution in [3.63, 3.8) is 0 Å². The monoisotopic (exact) mass is 301 g/mol. The summed E-state index contributed by atoms with van der Waals surface area (Å²) >= 11 is 1.72. The molecule has 2 atom stereocenters. The van der Waals surface area contributed by atoms with Crippen LogP contribution in [-0.4, -0.2) is 16.9 Å². The highest BCUT2D eigenvalue weighted by atomic mass is 32.1. The van der Waals surface area contributed by atoms with Crippen molar-refractivity contribution in [2.75, 3.05) is 4.90 Å². The number of aryl methyl sites for hydroxylation is 1. The number of rotatable bonds is 3. The second-order valence-corrected chi connectivity index (χ2v) is 6.89. The highest BCUT2D eigenvalue weighted by Gasteiger charge is 2.33. The van der Waals surface area contributed by atoms with Crippen molar-refractivity contribution in [2.45, 2.75) is 38.8 Å². The number of hydrogen-bond acceptors (Lipinski definition) is 4. The summed E-state index contributed by atoms with van der Waals surface area (Å²) in [6.45, 7) is 5.00. The number of aromatic nitrogens is 1. The zero-order valence-corrected chi connectivity index (χ0v) is 13.1. The smallest absolute Gasteiger partial charge is 0.225 e. The van der Waals surface area contributed by atoms with Crippen LogP contribution in [-0.2, 0) is 11.3 Å². The fourth-order valence-electron chi connectivity index (χ4n) is 3.03. The number of nitrogens with zero attached hydrogens (tertiary/aromatic N) is 2. The van der Waals surface area contributed by atoms with Gasteiger partial charge in [0, 0.05) is 22.8 Å². The Morgan fingerprint density at radius 2 is 2.24 bits per heavy atom. The first-order valence-electron chi connectivity index (χ1n) is 7.12. The molecular weight excluding hydrogens is 282 g/mol. The van der Waals surface area contributed by atoms with Crippen LogP contribution in [0.4, 0.5) is 5.69 Å². The predicted molar refractivity (Wildman–Crippen MR) is 85.5 cm³/mol. The van der Waals surface area contributed by atoms with Gasteiger partial charge in [0.15, 0.2) is 0 Å². The molecule has 1 aromatic carbocycles. The van der Waals surface area contributed by atoms with E-state index in [1.54, 1.807) is 11.3 Å². The van der Waals surface area contributed by atoms with Gasteiger partial charge in [-0.25, -0.2) is 4.98 Å². The predicted octanol–water partition coefficient (Wildman–Crippen LogP) is 2.82. The third kappa shape index (κ3) is 2.65. The van der Waals surface area contributed by atoms with E-state index in [2.05, 4.69) is 22.9 Å². The SMILES string of the molecule is Cc1ncc(CN2c3ccccc3[C@H](C(N)=O)C[C@H]2C)s1. The van der Waals surface area contributed by atoms with Crippen LogP contribution in [0.5, 0.6) is 0 Å². The summed E-state index contributed by atoms with van der Waals surface area (Å²) in [5, 5.41) is 1.08. The van der Waals surface area contributed by atoms with Crippen LogP contribution in [0.2, 0.25) is 0 Å². The van der Waals surface area contributed by atoms with Gasteiger partial charge in [-0.1, -0.05) is 18.2 Å². The summed E-state index contributed by atoms with van der Waals surface area (Å²) in [6, 6.07) is 8.36. The van der Waals surface area contributed by atoms with Crippen LogP contribution >= 0.6 is 11.3 Å². The van der Waals surface area contributed by atoms with Crippen molar-refractivity contribution in [3.05, 3.63) is 45.9 Å². The molecule has 0 bridgehead atoms. The average Bonchev–Trinajstić information content (AvgIpc) is 2.87. The van der Waals surface area contributed by atoms with E-state index < -0.39 is 0 Å². The molecule has 1 aliphatic heterocycles. The van der Waals surface area contributed by atoms with Gasteiger partial charge in [0.1, 0.15) is 0 Å². The molecule has 2 aromatic rings. The highest BCUT2D eigenvalue weighted by molar-refractivity contribution is 7.11. The molecule has 5 heteroatoms. The van der Waals surface area contributed by atoms with Gasteiger partial charge in [-0.2, -0.15) is 0 Å². The van der Waals surface area contributed by atoms with Gasteiger partial charge >= 0.3 is 0 Å². The molecule has 1 aromatic heterocycles. The number of nitrogens with two attached hydrogens (primary N) is 1. The second-order valence-electron chi connectivity index (χ2n) is 5.57. The zero-order chi connectivity index (χ0) is 15.0. The molecule has 0 saturated heterocycles. The minimum atomic E-state index is -0.234. The van der Waals surface area contributed by atoms with E-state index in [1.807, 2.05) is 31.3 Å². The van der Waals surface area contributed by atoms with Gasteiger partial charge in [-0.3, -0.25) is 4.79 Å². The molecule has 2 N–H and O–H groups in total. The van der Waals surface area contributed by atoms with Gasteiger partial charge in [0.2, 0.25) is 5.91 Å². The Morgan fingerprint density at radius 1 is 1.48 bits per heavy atom. The molecule has 3 rings (SSSR count). The van der Waals surface area contributed by atoms with E-state index in [-0.39, 0.29) is 17.9 Å². The summed E-state index contributed by atoms with van der Waals surface area (Å²) in [5.41, 5.74) is 7.74. The number of carbonyl (C=O) groups is 1.